The van der Waals surface area contributed by atoms with Crippen molar-refractivity contribution in [2.45, 2.75) is 12.5 Å². The molecule has 3 aromatic rings. The highest BCUT2D eigenvalue weighted by atomic mass is 19.1. The molecular weight excluding hydrogens is 437 g/mol. The second-order valence-electron chi connectivity index (χ2n) is 7.88. The van der Waals surface area contributed by atoms with E-state index < -0.39 is 11.9 Å². The predicted octanol–water partition coefficient (Wildman–Crippen LogP) is 4.40. The molecule has 176 valence electrons. The number of hydrogen-bond acceptors (Lipinski definition) is 4. The number of urea groups is 1. The average Bonchev–Trinajstić information content (AvgIpc) is 2.86. The number of carbonyl (C=O) groups is 2. The number of amides is 3. The monoisotopic (exact) mass is 463 g/mol. The minimum atomic E-state index is -0.468. The maximum absolute atomic E-state index is 13.6. The van der Waals surface area contributed by atoms with Gasteiger partial charge in [0, 0.05) is 24.3 Å². The Morgan fingerprint density at radius 1 is 1.00 bits per heavy atom. The molecule has 4 rings (SSSR count). The molecule has 0 saturated carbocycles. The van der Waals surface area contributed by atoms with Crippen molar-refractivity contribution >= 4 is 17.6 Å². The number of hydrogen-bond donors (Lipinski definition) is 2. The lowest BCUT2D eigenvalue weighted by molar-refractivity contribution is 0.0936. The van der Waals surface area contributed by atoms with Crippen LogP contribution in [0.15, 0.2) is 66.7 Å². The smallest absolute Gasteiger partial charge is 0.322 e. The van der Waals surface area contributed by atoms with Gasteiger partial charge in [0.25, 0.3) is 5.91 Å². The maximum atomic E-state index is 13.6. The predicted molar refractivity (Wildman–Crippen MR) is 127 cm³/mol. The zero-order chi connectivity index (χ0) is 24.1. The molecule has 1 aliphatic heterocycles. The first-order chi connectivity index (χ1) is 16.5. The van der Waals surface area contributed by atoms with Gasteiger partial charge in [-0.15, -0.1) is 0 Å². The van der Waals surface area contributed by atoms with Crippen LogP contribution < -0.4 is 20.1 Å². The van der Waals surface area contributed by atoms with Gasteiger partial charge in [0.15, 0.2) is 11.5 Å². The third kappa shape index (κ3) is 4.96. The van der Waals surface area contributed by atoms with E-state index in [0.717, 1.165) is 11.1 Å². The van der Waals surface area contributed by atoms with E-state index in [4.69, 9.17) is 9.47 Å². The molecule has 3 amide bonds. The van der Waals surface area contributed by atoms with E-state index >= 15 is 0 Å². The van der Waals surface area contributed by atoms with Gasteiger partial charge in [0.1, 0.15) is 5.82 Å². The van der Waals surface area contributed by atoms with E-state index in [0.29, 0.717) is 35.7 Å². The van der Waals surface area contributed by atoms with Crippen molar-refractivity contribution in [3.8, 4) is 11.5 Å². The number of nitrogens with one attached hydrogen (secondary N) is 2. The third-order valence-corrected chi connectivity index (χ3v) is 5.83. The first-order valence-corrected chi connectivity index (χ1v) is 10.9. The molecule has 0 aromatic heterocycles. The maximum Gasteiger partial charge on any atom is 0.322 e. The molecule has 1 aliphatic rings. The lowest BCUT2D eigenvalue weighted by Crippen LogP contribution is -2.46. The molecule has 8 heteroatoms. The summed E-state index contributed by atoms with van der Waals surface area (Å²) in [6, 6.07) is 17.5. The quantitative estimate of drug-likeness (QED) is 0.568. The summed E-state index contributed by atoms with van der Waals surface area (Å²) in [7, 11) is 3.12. The molecule has 1 heterocycles. The highest BCUT2D eigenvalue weighted by Gasteiger charge is 2.32. The zero-order valence-electron chi connectivity index (χ0n) is 19.0. The fourth-order valence-corrected chi connectivity index (χ4v) is 4.13. The summed E-state index contributed by atoms with van der Waals surface area (Å²) < 4.78 is 24.5. The summed E-state index contributed by atoms with van der Waals surface area (Å²) >= 11 is 0. The van der Waals surface area contributed by atoms with Crippen molar-refractivity contribution in [1.82, 2.24) is 10.2 Å². The van der Waals surface area contributed by atoms with Gasteiger partial charge in [-0.1, -0.05) is 24.3 Å². The van der Waals surface area contributed by atoms with E-state index in [1.807, 2.05) is 18.2 Å². The Morgan fingerprint density at radius 2 is 1.74 bits per heavy atom. The Balaban J connectivity index is 1.63. The van der Waals surface area contributed by atoms with Gasteiger partial charge in [0.2, 0.25) is 0 Å². The van der Waals surface area contributed by atoms with Crippen LogP contribution in [0.5, 0.6) is 11.5 Å². The molecule has 0 bridgehead atoms. The molecule has 0 unspecified atom stereocenters. The van der Waals surface area contributed by atoms with Crippen molar-refractivity contribution in [3.63, 3.8) is 0 Å². The first-order valence-electron chi connectivity index (χ1n) is 10.9. The molecule has 34 heavy (non-hydrogen) atoms. The molecule has 0 radical (unpaired) electrons. The Labute approximate surface area is 197 Å². The van der Waals surface area contributed by atoms with Crippen LogP contribution in [0.25, 0.3) is 0 Å². The van der Waals surface area contributed by atoms with Crippen molar-refractivity contribution in [1.29, 1.82) is 0 Å². The van der Waals surface area contributed by atoms with Crippen LogP contribution in [0.4, 0.5) is 14.9 Å². The summed E-state index contributed by atoms with van der Waals surface area (Å²) in [5.41, 5.74) is 2.75. The van der Waals surface area contributed by atoms with Crippen LogP contribution in [0, 0.1) is 5.82 Å². The number of methoxy groups -OCH3 is 2. The van der Waals surface area contributed by atoms with E-state index in [1.54, 1.807) is 49.5 Å². The summed E-state index contributed by atoms with van der Waals surface area (Å²) in [4.78, 5) is 27.6. The van der Waals surface area contributed by atoms with E-state index in [9.17, 15) is 14.0 Å². The minimum absolute atomic E-state index is 0.187. The number of fused-ring (bicyclic) bond motifs is 1. The molecule has 2 N–H and O–H groups in total. The van der Waals surface area contributed by atoms with Crippen LogP contribution in [-0.4, -0.2) is 44.1 Å². The van der Waals surface area contributed by atoms with Gasteiger partial charge in [-0.05, 0) is 60.0 Å². The van der Waals surface area contributed by atoms with Gasteiger partial charge in [-0.25, -0.2) is 9.18 Å². The Hall–Kier alpha value is -4.07. The second-order valence-corrected chi connectivity index (χ2v) is 7.88. The minimum Gasteiger partial charge on any atom is -0.493 e. The SMILES string of the molecule is COc1cc2c(cc1OC)[C@@H](CNC(=O)c1ccccc1)N(C(=O)Nc1cccc(F)c1)CC2. The second kappa shape index (κ2) is 10.2. The fourth-order valence-electron chi connectivity index (χ4n) is 4.13. The van der Waals surface area contributed by atoms with Crippen LogP contribution in [0.1, 0.15) is 27.5 Å². The van der Waals surface area contributed by atoms with Crippen molar-refractivity contribution in [2.24, 2.45) is 0 Å². The molecule has 0 aliphatic carbocycles. The number of halogens is 1. The van der Waals surface area contributed by atoms with Gasteiger partial charge < -0.3 is 25.0 Å². The number of ether oxygens (including phenoxy) is 2. The summed E-state index contributed by atoms with van der Waals surface area (Å²) in [6.07, 6.45) is 0.593. The highest BCUT2D eigenvalue weighted by molar-refractivity contribution is 5.94. The van der Waals surface area contributed by atoms with Crippen molar-refractivity contribution in [3.05, 3.63) is 89.2 Å². The van der Waals surface area contributed by atoms with Crippen LogP contribution in [-0.2, 0) is 6.42 Å². The molecule has 3 aromatic carbocycles. The molecule has 0 fully saturated rings. The Morgan fingerprint density at radius 3 is 2.44 bits per heavy atom. The summed E-state index contributed by atoms with van der Waals surface area (Å²) in [5.74, 6) is 0.461. The molecule has 1 atom stereocenters. The van der Waals surface area contributed by atoms with Gasteiger partial charge in [-0.3, -0.25) is 4.79 Å². The van der Waals surface area contributed by atoms with Crippen molar-refractivity contribution < 1.29 is 23.5 Å². The summed E-state index contributed by atoms with van der Waals surface area (Å²) in [5, 5.41) is 5.70. The molecule has 0 saturated heterocycles. The van der Waals surface area contributed by atoms with E-state index in [1.165, 1.54) is 18.2 Å². The Kier molecular flexibility index (Phi) is 6.96. The van der Waals surface area contributed by atoms with Gasteiger partial charge in [-0.2, -0.15) is 0 Å². The average molecular weight is 464 g/mol. The zero-order valence-corrected chi connectivity index (χ0v) is 19.0. The van der Waals surface area contributed by atoms with Gasteiger partial charge >= 0.3 is 6.03 Å². The number of benzene rings is 3. The van der Waals surface area contributed by atoms with Crippen LogP contribution in [0.2, 0.25) is 0 Å². The van der Waals surface area contributed by atoms with Gasteiger partial charge in [0.05, 0.1) is 20.3 Å². The third-order valence-electron chi connectivity index (χ3n) is 5.83. The molecule has 7 nitrogen and oxygen atoms in total. The van der Waals surface area contributed by atoms with Crippen LogP contribution >= 0.6 is 0 Å². The molecule has 0 spiro atoms. The topological polar surface area (TPSA) is 79.9 Å². The highest BCUT2D eigenvalue weighted by Crippen LogP contribution is 2.38. The summed E-state index contributed by atoms with van der Waals surface area (Å²) in [6.45, 7) is 0.599. The number of rotatable bonds is 6. The number of anilines is 1. The lowest BCUT2D eigenvalue weighted by atomic mass is 9.91. The first kappa shape index (κ1) is 23.1. The largest absolute Gasteiger partial charge is 0.493 e. The Bertz CT molecular complexity index is 1190. The standard InChI is InChI=1S/C26H26FN3O4/c1-33-23-13-18-11-12-30(26(32)29-20-10-6-9-19(27)14-20)22(21(18)15-24(23)34-2)16-28-25(31)17-7-4-3-5-8-17/h3-10,13-15,22H,11-12,16H2,1-2H3,(H,28,31)(H,29,32)/t22-/m1/s1. The number of nitrogens with zero attached hydrogens (tertiary/aromatic N) is 1. The normalized spacial score (nSPS) is 14.7. The fraction of sp³-hybridized carbons (Fsp3) is 0.231. The lowest BCUT2D eigenvalue weighted by Gasteiger charge is -2.38. The molecular formula is C26H26FN3O4. The van der Waals surface area contributed by atoms with E-state index in [2.05, 4.69) is 10.6 Å². The van der Waals surface area contributed by atoms with Crippen LogP contribution in [0.3, 0.4) is 0 Å². The van der Waals surface area contributed by atoms with Crippen molar-refractivity contribution in [2.75, 3.05) is 32.6 Å². The number of carbonyl (C=O) groups excluding carboxylic acids is 2. The van der Waals surface area contributed by atoms with E-state index in [-0.39, 0.29) is 18.5 Å².